The summed E-state index contributed by atoms with van der Waals surface area (Å²) in [7, 11) is 0. The Hall–Kier alpha value is -0.240. The van der Waals surface area contributed by atoms with Gasteiger partial charge in [-0.25, -0.2) is 0 Å². The molecule has 9 unspecified atom stereocenters. The van der Waals surface area contributed by atoms with Crippen LogP contribution < -0.4 is 16.0 Å². The Labute approximate surface area is 240 Å². The molecule has 6 aliphatic rings. The Morgan fingerprint density at radius 1 is 0.692 bits per heavy atom. The average Bonchev–Trinajstić information content (AvgIpc) is 3.60. The minimum absolute atomic E-state index is 0.322. The first kappa shape index (κ1) is 28.9. The highest BCUT2D eigenvalue weighted by molar-refractivity contribution is 5.04. The van der Waals surface area contributed by atoms with Gasteiger partial charge in [-0.1, -0.05) is 0 Å². The van der Waals surface area contributed by atoms with Gasteiger partial charge in [0.15, 0.2) is 0 Å². The van der Waals surface area contributed by atoms with Crippen molar-refractivity contribution < 1.29 is 0 Å². The van der Waals surface area contributed by atoms with Crippen LogP contribution in [0.5, 0.6) is 0 Å². The zero-order chi connectivity index (χ0) is 27.1. The number of piperidine rings is 1. The van der Waals surface area contributed by atoms with E-state index < -0.39 is 0 Å². The maximum Gasteiger partial charge on any atom is 0.0154 e. The van der Waals surface area contributed by atoms with Crippen molar-refractivity contribution in [3.8, 4) is 0 Å². The minimum Gasteiger partial charge on any atom is -0.316 e. The highest BCUT2D eigenvalue weighted by atomic mass is 15.2. The van der Waals surface area contributed by atoms with Crippen LogP contribution in [0.1, 0.15) is 73.1 Å². The Bertz CT molecular complexity index is 787. The van der Waals surface area contributed by atoms with E-state index in [0.29, 0.717) is 23.7 Å². The highest BCUT2D eigenvalue weighted by Gasteiger charge is 2.49. The standard InChI is InChI=1S/C33H62N6/c1-23(2)37-19-28-8-13-36-32(31(28)22-37)29-18-34-12-7-27-20-38(21-30(27)29)24(3)6-11-33(4,5)39-14-9-25-16-35-17-26(25)10-15-39/h23-32,34-36H,6-22H2,1-5H3. The molecule has 0 amide bonds. The molecular formula is C33H62N6. The predicted octanol–water partition coefficient (Wildman–Crippen LogP) is 3.34. The number of nitrogens with zero attached hydrogens (tertiary/aromatic N) is 3. The molecule has 0 radical (unpaired) electrons. The summed E-state index contributed by atoms with van der Waals surface area (Å²) in [6, 6.07) is 2.10. The van der Waals surface area contributed by atoms with Crippen LogP contribution in [-0.4, -0.2) is 110 Å². The Balaban J connectivity index is 1.06. The molecule has 6 fully saturated rings. The van der Waals surface area contributed by atoms with Gasteiger partial charge in [-0.15, -0.1) is 0 Å². The maximum atomic E-state index is 4.11. The lowest BCUT2D eigenvalue weighted by molar-refractivity contribution is 0.0968. The molecule has 0 bridgehead atoms. The number of nitrogens with one attached hydrogen (secondary N) is 3. The van der Waals surface area contributed by atoms with Gasteiger partial charge >= 0.3 is 0 Å². The third kappa shape index (κ3) is 6.13. The number of hydrogen-bond donors (Lipinski definition) is 3. The summed E-state index contributed by atoms with van der Waals surface area (Å²) in [6.45, 7) is 26.6. The molecule has 0 aromatic rings. The molecule has 39 heavy (non-hydrogen) atoms. The van der Waals surface area contributed by atoms with Crippen LogP contribution in [0, 0.1) is 41.4 Å². The van der Waals surface area contributed by atoms with Crippen LogP contribution in [0.25, 0.3) is 0 Å². The predicted molar refractivity (Wildman–Crippen MR) is 163 cm³/mol. The third-order valence-corrected chi connectivity index (χ3v) is 12.9. The molecule has 0 aromatic carbocycles. The molecule has 6 nitrogen and oxygen atoms in total. The lowest BCUT2D eigenvalue weighted by Crippen LogP contribution is -2.54. The summed E-state index contributed by atoms with van der Waals surface area (Å²) in [5.74, 6) is 6.14. The maximum absolute atomic E-state index is 4.11. The smallest absolute Gasteiger partial charge is 0.0154 e. The van der Waals surface area contributed by atoms with Crippen LogP contribution >= 0.6 is 0 Å². The van der Waals surface area contributed by atoms with Crippen molar-refractivity contribution in [2.75, 3.05) is 72.0 Å². The topological polar surface area (TPSA) is 45.8 Å². The molecule has 6 rings (SSSR count). The van der Waals surface area contributed by atoms with Crippen molar-refractivity contribution in [1.29, 1.82) is 0 Å². The monoisotopic (exact) mass is 543 g/mol. The van der Waals surface area contributed by atoms with Gasteiger partial charge in [0.1, 0.15) is 0 Å². The largest absolute Gasteiger partial charge is 0.316 e. The number of hydrogen-bond acceptors (Lipinski definition) is 6. The van der Waals surface area contributed by atoms with E-state index in [1.807, 2.05) is 0 Å². The summed E-state index contributed by atoms with van der Waals surface area (Å²) >= 11 is 0. The van der Waals surface area contributed by atoms with Crippen molar-refractivity contribution in [3.63, 3.8) is 0 Å². The van der Waals surface area contributed by atoms with Crippen LogP contribution in [0.2, 0.25) is 0 Å². The van der Waals surface area contributed by atoms with Crippen molar-refractivity contribution in [2.45, 2.75) is 96.8 Å². The zero-order valence-corrected chi connectivity index (χ0v) is 26.1. The molecule has 224 valence electrons. The molecule has 0 spiro atoms. The fourth-order valence-electron chi connectivity index (χ4n) is 10.0. The third-order valence-electron chi connectivity index (χ3n) is 12.9. The van der Waals surface area contributed by atoms with Gasteiger partial charge in [0.05, 0.1) is 0 Å². The summed E-state index contributed by atoms with van der Waals surface area (Å²) in [4.78, 5) is 8.56. The second-order valence-corrected chi connectivity index (χ2v) is 15.7. The van der Waals surface area contributed by atoms with E-state index in [2.05, 4.69) is 65.3 Å². The Morgan fingerprint density at radius 2 is 1.36 bits per heavy atom. The number of fused-ring (bicyclic) bond motifs is 3. The number of likely N-dealkylation sites (tertiary alicyclic amines) is 3. The lowest BCUT2D eigenvalue weighted by Gasteiger charge is -2.42. The van der Waals surface area contributed by atoms with Crippen LogP contribution in [0.15, 0.2) is 0 Å². The van der Waals surface area contributed by atoms with Crippen molar-refractivity contribution in [2.24, 2.45) is 41.4 Å². The van der Waals surface area contributed by atoms with Gasteiger partial charge in [-0.2, -0.15) is 0 Å². The molecule has 3 N–H and O–H groups in total. The molecule has 6 saturated heterocycles. The quantitative estimate of drug-likeness (QED) is 0.459. The Kier molecular flexibility index (Phi) is 9.00. The van der Waals surface area contributed by atoms with Crippen molar-refractivity contribution >= 4 is 0 Å². The van der Waals surface area contributed by atoms with Gasteiger partial charge < -0.3 is 25.8 Å². The van der Waals surface area contributed by atoms with Crippen LogP contribution in [0.4, 0.5) is 0 Å². The van der Waals surface area contributed by atoms with Gasteiger partial charge in [-0.3, -0.25) is 4.90 Å². The Morgan fingerprint density at radius 3 is 2.10 bits per heavy atom. The minimum atomic E-state index is 0.322. The first-order valence-corrected chi connectivity index (χ1v) is 17.2. The first-order valence-electron chi connectivity index (χ1n) is 17.2. The summed E-state index contributed by atoms with van der Waals surface area (Å²) in [5, 5.41) is 11.7. The SMILES string of the molecule is CC(C)N1CC2CCNC(C3CNCCC4CN(C(C)CCC(C)(C)N5CCC6CNCC6CC5)CC43)C2C1. The molecule has 6 aliphatic heterocycles. The van der Waals surface area contributed by atoms with E-state index in [1.54, 1.807) is 0 Å². The zero-order valence-electron chi connectivity index (χ0n) is 26.1. The summed E-state index contributed by atoms with van der Waals surface area (Å²) in [6.07, 6.45) is 8.22. The highest BCUT2D eigenvalue weighted by Crippen LogP contribution is 2.43. The molecule has 6 heteroatoms. The molecule has 0 aliphatic carbocycles. The van der Waals surface area contributed by atoms with Gasteiger partial charge in [0.25, 0.3) is 0 Å². The molecule has 0 saturated carbocycles. The molecular weight excluding hydrogens is 480 g/mol. The van der Waals surface area contributed by atoms with E-state index in [4.69, 9.17) is 0 Å². The van der Waals surface area contributed by atoms with Crippen molar-refractivity contribution in [1.82, 2.24) is 30.7 Å². The number of rotatable bonds is 7. The molecule has 0 aromatic heterocycles. The van der Waals surface area contributed by atoms with Gasteiger partial charge in [0.2, 0.25) is 0 Å². The fourth-order valence-corrected chi connectivity index (χ4v) is 10.0. The van der Waals surface area contributed by atoms with E-state index in [1.165, 1.54) is 111 Å². The van der Waals surface area contributed by atoms with E-state index in [0.717, 1.165) is 41.4 Å². The van der Waals surface area contributed by atoms with Gasteiger partial charge in [0, 0.05) is 49.8 Å². The molecule has 9 atom stereocenters. The van der Waals surface area contributed by atoms with E-state index >= 15 is 0 Å². The van der Waals surface area contributed by atoms with Gasteiger partial charge in [-0.05, 0) is 160 Å². The van der Waals surface area contributed by atoms with Crippen LogP contribution in [-0.2, 0) is 0 Å². The van der Waals surface area contributed by atoms with E-state index in [9.17, 15) is 0 Å². The van der Waals surface area contributed by atoms with Crippen molar-refractivity contribution in [3.05, 3.63) is 0 Å². The normalized spacial score (nSPS) is 41.7. The summed E-state index contributed by atoms with van der Waals surface area (Å²) < 4.78 is 0. The second kappa shape index (κ2) is 12.2. The average molecular weight is 543 g/mol. The second-order valence-electron chi connectivity index (χ2n) is 15.7. The van der Waals surface area contributed by atoms with E-state index in [-0.39, 0.29) is 0 Å². The fraction of sp³-hybridized carbons (Fsp3) is 1.00. The first-order chi connectivity index (χ1) is 18.8. The lowest BCUT2D eigenvalue weighted by atomic mass is 9.71. The summed E-state index contributed by atoms with van der Waals surface area (Å²) in [5.41, 5.74) is 0.322. The van der Waals surface area contributed by atoms with Crippen LogP contribution in [0.3, 0.4) is 0 Å². The molecule has 6 heterocycles.